The number of nitrogens with zero attached hydrogens (tertiary/aromatic N) is 1. The van der Waals surface area contributed by atoms with E-state index in [1.165, 1.54) is 5.56 Å². The molecule has 0 aromatic heterocycles. The zero-order valence-electron chi connectivity index (χ0n) is 9.86. The Kier molecular flexibility index (Phi) is 2.86. The second kappa shape index (κ2) is 4.16. The third kappa shape index (κ3) is 2.03. The molecular weight excluding hydrogens is 200 g/mol. The molecule has 0 aliphatic carbocycles. The van der Waals surface area contributed by atoms with Crippen LogP contribution in [0.2, 0.25) is 0 Å². The maximum atomic E-state index is 12.0. The highest BCUT2D eigenvalue weighted by atomic mass is 16.2. The van der Waals surface area contributed by atoms with Crippen molar-refractivity contribution in [2.24, 2.45) is 5.92 Å². The van der Waals surface area contributed by atoms with Crippen molar-refractivity contribution in [1.29, 1.82) is 0 Å². The van der Waals surface area contributed by atoms with Crippen LogP contribution in [0.15, 0.2) is 18.2 Å². The highest BCUT2D eigenvalue weighted by Gasteiger charge is 2.24. The minimum absolute atomic E-state index is 0.221. The number of hydrogen-bond donors (Lipinski definition) is 1. The smallest absolute Gasteiger partial charge is 0.227 e. The fourth-order valence-corrected chi connectivity index (χ4v) is 2.14. The van der Waals surface area contributed by atoms with E-state index < -0.39 is 0 Å². The number of nitrogen functional groups attached to an aromatic ring is 1. The summed E-state index contributed by atoms with van der Waals surface area (Å²) in [5, 5.41) is 0. The Morgan fingerprint density at radius 2 is 2.25 bits per heavy atom. The van der Waals surface area contributed by atoms with E-state index in [0.29, 0.717) is 12.3 Å². The predicted molar refractivity (Wildman–Crippen MR) is 66.4 cm³/mol. The SMILES string of the molecule is CC(C)CC(=O)N1CCc2cc(N)ccc21. The molecule has 2 N–H and O–H groups in total. The van der Waals surface area contributed by atoms with Gasteiger partial charge in [0, 0.05) is 24.3 Å². The zero-order chi connectivity index (χ0) is 11.7. The summed E-state index contributed by atoms with van der Waals surface area (Å²) in [7, 11) is 0. The van der Waals surface area contributed by atoms with Crippen molar-refractivity contribution in [3.63, 3.8) is 0 Å². The van der Waals surface area contributed by atoms with Crippen LogP contribution in [0, 0.1) is 5.92 Å². The van der Waals surface area contributed by atoms with Crippen LogP contribution in [0.3, 0.4) is 0 Å². The zero-order valence-corrected chi connectivity index (χ0v) is 9.86. The van der Waals surface area contributed by atoms with E-state index in [1.807, 2.05) is 23.1 Å². The standard InChI is InChI=1S/C13H18N2O/c1-9(2)7-13(16)15-6-5-10-8-11(14)3-4-12(10)15/h3-4,8-9H,5-7,14H2,1-2H3. The van der Waals surface area contributed by atoms with E-state index >= 15 is 0 Å². The van der Waals surface area contributed by atoms with Crippen LogP contribution in [0.4, 0.5) is 11.4 Å². The first-order chi connectivity index (χ1) is 7.58. The molecule has 1 aliphatic heterocycles. The van der Waals surface area contributed by atoms with Gasteiger partial charge in [-0.2, -0.15) is 0 Å². The lowest BCUT2D eigenvalue weighted by molar-refractivity contribution is -0.119. The maximum Gasteiger partial charge on any atom is 0.227 e. The van der Waals surface area contributed by atoms with Gasteiger partial charge >= 0.3 is 0 Å². The molecule has 0 spiro atoms. The lowest BCUT2D eigenvalue weighted by Crippen LogP contribution is -2.29. The van der Waals surface area contributed by atoms with Crippen LogP contribution < -0.4 is 10.6 Å². The molecule has 0 saturated heterocycles. The molecule has 1 aliphatic rings. The Morgan fingerprint density at radius 3 is 2.94 bits per heavy atom. The van der Waals surface area contributed by atoms with Crippen molar-refractivity contribution < 1.29 is 4.79 Å². The van der Waals surface area contributed by atoms with Gasteiger partial charge in [-0.25, -0.2) is 0 Å². The van der Waals surface area contributed by atoms with Gasteiger partial charge in [0.25, 0.3) is 0 Å². The number of nitrogens with two attached hydrogens (primary N) is 1. The molecule has 1 heterocycles. The van der Waals surface area contributed by atoms with Crippen LogP contribution in [-0.2, 0) is 11.2 Å². The van der Waals surface area contributed by atoms with Crippen molar-refractivity contribution in [1.82, 2.24) is 0 Å². The second-order valence-electron chi connectivity index (χ2n) is 4.78. The van der Waals surface area contributed by atoms with Gasteiger partial charge in [0.15, 0.2) is 0 Å². The molecule has 0 atom stereocenters. The highest BCUT2D eigenvalue weighted by Crippen LogP contribution is 2.30. The normalized spacial score (nSPS) is 14.3. The number of carbonyl (C=O) groups excluding carboxylic acids is 1. The monoisotopic (exact) mass is 218 g/mol. The predicted octanol–water partition coefficient (Wildman–Crippen LogP) is 2.20. The van der Waals surface area contributed by atoms with Crippen molar-refractivity contribution in [2.45, 2.75) is 26.7 Å². The summed E-state index contributed by atoms with van der Waals surface area (Å²) in [5.41, 5.74) is 8.74. The molecule has 86 valence electrons. The van der Waals surface area contributed by atoms with E-state index in [1.54, 1.807) is 0 Å². The summed E-state index contributed by atoms with van der Waals surface area (Å²) in [4.78, 5) is 13.9. The number of anilines is 2. The first-order valence-corrected chi connectivity index (χ1v) is 5.76. The molecule has 0 fully saturated rings. The van der Waals surface area contributed by atoms with E-state index in [9.17, 15) is 4.79 Å². The van der Waals surface area contributed by atoms with Gasteiger partial charge in [0.1, 0.15) is 0 Å². The summed E-state index contributed by atoms with van der Waals surface area (Å²) in [5.74, 6) is 0.629. The van der Waals surface area contributed by atoms with Crippen molar-refractivity contribution in [3.05, 3.63) is 23.8 Å². The maximum absolute atomic E-state index is 12.0. The van der Waals surface area contributed by atoms with Gasteiger partial charge < -0.3 is 10.6 Å². The molecule has 0 radical (unpaired) electrons. The quantitative estimate of drug-likeness (QED) is 0.773. The lowest BCUT2D eigenvalue weighted by Gasteiger charge is -2.18. The van der Waals surface area contributed by atoms with Crippen LogP contribution >= 0.6 is 0 Å². The summed E-state index contributed by atoms with van der Waals surface area (Å²) in [6, 6.07) is 5.79. The fraction of sp³-hybridized carbons (Fsp3) is 0.462. The topological polar surface area (TPSA) is 46.3 Å². The number of amides is 1. The molecule has 2 rings (SSSR count). The van der Waals surface area contributed by atoms with Gasteiger partial charge in [-0.15, -0.1) is 0 Å². The summed E-state index contributed by atoms with van der Waals surface area (Å²) >= 11 is 0. The Morgan fingerprint density at radius 1 is 1.50 bits per heavy atom. The minimum Gasteiger partial charge on any atom is -0.399 e. The molecule has 0 unspecified atom stereocenters. The molecule has 16 heavy (non-hydrogen) atoms. The molecule has 3 nitrogen and oxygen atoms in total. The van der Waals surface area contributed by atoms with Gasteiger partial charge in [-0.3, -0.25) is 4.79 Å². The van der Waals surface area contributed by atoms with Crippen molar-refractivity contribution in [3.8, 4) is 0 Å². The molecule has 0 bridgehead atoms. The number of fused-ring (bicyclic) bond motifs is 1. The van der Waals surface area contributed by atoms with E-state index in [0.717, 1.165) is 24.3 Å². The largest absolute Gasteiger partial charge is 0.399 e. The number of benzene rings is 1. The van der Waals surface area contributed by atoms with Crippen LogP contribution in [-0.4, -0.2) is 12.5 Å². The number of rotatable bonds is 2. The van der Waals surface area contributed by atoms with Crippen molar-refractivity contribution in [2.75, 3.05) is 17.2 Å². The third-order valence-electron chi connectivity index (χ3n) is 2.88. The molecule has 0 saturated carbocycles. The van der Waals surface area contributed by atoms with Gasteiger partial charge in [-0.1, -0.05) is 13.8 Å². The Hall–Kier alpha value is -1.51. The summed E-state index contributed by atoms with van der Waals surface area (Å²) < 4.78 is 0. The van der Waals surface area contributed by atoms with E-state index in [-0.39, 0.29) is 5.91 Å². The molecule has 1 amide bonds. The average molecular weight is 218 g/mol. The van der Waals surface area contributed by atoms with Gasteiger partial charge in [0.2, 0.25) is 5.91 Å². The first-order valence-electron chi connectivity index (χ1n) is 5.76. The second-order valence-corrected chi connectivity index (χ2v) is 4.78. The molecule has 1 aromatic rings. The summed E-state index contributed by atoms with van der Waals surface area (Å²) in [6.45, 7) is 4.93. The number of hydrogen-bond acceptors (Lipinski definition) is 2. The fourth-order valence-electron chi connectivity index (χ4n) is 2.14. The molecule has 1 aromatic carbocycles. The first kappa shape index (κ1) is 11.0. The summed E-state index contributed by atoms with van der Waals surface area (Å²) in [6.07, 6.45) is 1.54. The molecule has 3 heteroatoms. The Labute approximate surface area is 96.2 Å². The lowest BCUT2D eigenvalue weighted by atomic mass is 10.1. The van der Waals surface area contributed by atoms with E-state index in [2.05, 4.69) is 13.8 Å². The number of carbonyl (C=O) groups is 1. The third-order valence-corrected chi connectivity index (χ3v) is 2.88. The van der Waals surface area contributed by atoms with Gasteiger partial charge in [-0.05, 0) is 36.1 Å². The van der Waals surface area contributed by atoms with Crippen LogP contribution in [0.5, 0.6) is 0 Å². The Balaban J connectivity index is 2.20. The van der Waals surface area contributed by atoms with Crippen LogP contribution in [0.1, 0.15) is 25.8 Å². The van der Waals surface area contributed by atoms with Crippen LogP contribution in [0.25, 0.3) is 0 Å². The highest BCUT2D eigenvalue weighted by molar-refractivity contribution is 5.95. The average Bonchev–Trinajstić information content (AvgIpc) is 2.59. The molecular formula is C13H18N2O. The van der Waals surface area contributed by atoms with Gasteiger partial charge in [0.05, 0.1) is 0 Å². The van der Waals surface area contributed by atoms with E-state index in [4.69, 9.17) is 5.73 Å². The Bertz CT molecular complexity index is 412. The minimum atomic E-state index is 0.221. The van der Waals surface area contributed by atoms with Crippen molar-refractivity contribution >= 4 is 17.3 Å².